The van der Waals surface area contributed by atoms with Gasteiger partial charge in [-0.1, -0.05) is 36.4 Å². The molecule has 0 saturated carbocycles. The lowest BCUT2D eigenvalue weighted by molar-refractivity contribution is -0.953. The number of aryl methyl sites for hydroxylation is 1. The van der Waals surface area contributed by atoms with Crippen molar-refractivity contribution in [3.63, 3.8) is 0 Å². The van der Waals surface area contributed by atoms with Crippen LogP contribution in [0.5, 0.6) is 0 Å². The predicted molar refractivity (Wildman–Crippen MR) is 94.4 cm³/mol. The molecule has 23 heavy (non-hydrogen) atoms. The molecular weight excluding hydrogens is 282 g/mol. The van der Waals surface area contributed by atoms with Gasteiger partial charge in [-0.25, -0.2) is 0 Å². The van der Waals surface area contributed by atoms with Crippen LogP contribution in [0.4, 0.5) is 0 Å². The zero-order chi connectivity index (χ0) is 15.4. The average molecular weight is 304 g/mol. The Morgan fingerprint density at radius 1 is 0.870 bits per heavy atom. The van der Waals surface area contributed by atoms with Gasteiger partial charge in [-0.15, -0.1) is 0 Å². The third kappa shape index (κ3) is 1.95. The highest BCUT2D eigenvalue weighted by Gasteiger charge is 2.38. The molecule has 0 amide bonds. The fraction of sp³-hybridized carbons (Fsp3) is 0.333. The zero-order valence-electron chi connectivity index (χ0n) is 13.6. The summed E-state index contributed by atoms with van der Waals surface area (Å²) in [5.41, 5.74) is 4.65. The van der Waals surface area contributed by atoms with Crippen LogP contribution in [0, 0.1) is 6.92 Å². The lowest BCUT2D eigenvalue weighted by atomic mass is 9.93. The topological polar surface area (TPSA) is 9.23 Å². The lowest BCUT2D eigenvalue weighted by Gasteiger charge is -2.37. The molecule has 0 N–H and O–H groups in total. The molecule has 3 aromatic rings. The second kappa shape index (κ2) is 4.80. The summed E-state index contributed by atoms with van der Waals surface area (Å²) < 4.78 is 6.80. The Hall–Kier alpha value is -1.90. The van der Waals surface area contributed by atoms with Crippen molar-refractivity contribution in [1.29, 1.82) is 0 Å². The lowest BCUT2D eigenvalue weighted by Crippen LogP contribution is -2.50. The van der Waals surface area contributed by atoms with E-state index in [0.29, 0.717) is 0 Å². The minimum Gasteiger partial charge on any atom is -0.370 e. The molecule has 0 radical (unpaired) electrons. The highest BCUT2D eigenvalue weighted by molar-refractivity contribution is 6.09. The number of rotatable bonds is 0. The van der Waals surface area contributed by atoms with Crippen LogP contribution in [0.2, 0.25) is 0 Å². The summed E-state index contributed by atoms with van der Waals surface area (Å²) in [7, 11) is 0. The first-order valence-electron chi connectivity index (χ1n) is 8.61. The van der Waals surface area contributed by atoms with Gasteiger partial charge in [0.1, 0.15) is 26.2 Å². The maximum Gasteiger partial charge on any atom is 0.106 e. The van der Waals surface area contributed by atoms with Gasteiger partial charge in [0.2, 0.25) is 0 Å². The predicted octanol–water partition coefficient (Wildman–Crippen LogP) is 4.16. The quantitative estimate of drug-likeness (QED) is 0.447. The van der Waals surface area contributed by atoms with Crippen LogP contribution in [0.15, 0.2) is 42.5 Å². The molecule has 2 aliphatic rings. The van der Waals surface area contributed by atoms with E-state index >= 15 is 0 Å². The number of quaternary nitrogens is 1. The van der Waals surface area contributed by atoms with Crippen molar-refractivity contribution in [3.05, 3.63) is 59.2 Å². The number of benzene rings is 3. The molecule has 2 aliphatic heterocycles. The molecule has 1 saturated heterocycles. The van der Waals surface area contributed by atoms with E-state index < -0.39 is 0 Å². The van der Waals surface area contributed by atoms with Gasteiger partial charge >= 0.3 is 0 Å². The van der Waals surface area contributed by atoms with E-state index in [1.807, 2.05) is 0 Å². The van der Waals surface area contributed by atoms with Gasteiger partial charge in [0.15, 0.2) is 0 Å². The first-order chi connectivity index (χ1) is 11.3. The molecule has 0 aliphatic carbocycles. The SMILES string of the molecule is Cc1c2c(cc3c1ccc1ccccc13)C[N+]1(CCOCC1)C2. The second-order valence-corrected chi connectivity index (χ2v) is 7.24. The number of nitrogens with zero attached hydrogens (tertiary/aromatic N) is 1. The van der Waals surface area contributed by atoms with Gasteiger partial charge in [-0.05, 0) is 40.1 Å². The molecule has 0 unspecified atom stereocenters. The van der Waals surface area contributed by atoms with Crippen LogP contribution < -0.4 is 0 Å². The van der Waals surface area contributed by atoms with Crippen molar-refractivity contribution >= 4 is 21.5 Å². The van der Waals surface area contributed by atoms with Gasteiger partial charge in [0.25, 0.3) is 0 Å². The Balaban J connectivity index is 1.74. The molecule has 2 heteroatoms. The van der Waals surface area contributed by atoms with Crippen molar-refractivity contribution in [2.45, 2.75) is 20.0 Å². The Morgan fingerprint density at radius 3 is 2.57 bits per heavy atom. The maximum absolute atomic E-state index is 5.60. The summed E-state index contributed by atoms with van der Waals surface area (Å²) >= 11 is 0. The van der Waals surface area contributed by atoms with E-state index in [0.717, 1.165) is 26.3 Å². The number of hydrogen-bond donors (Lipinski definition) is 0. The smallest absolute Gasteiger partial charge is 0.106 e. The normalized spacial score (nSPS) is 19.5. The van der Waals surface area contributed by atoms with Crippen molar-refractivity contribution in [3.8, 4) is 0 Å². The van der Waals surface area contributed by atoms with Gasteiger partial charge in [-0.2, -0.15) is 0 Å². The van der Waals surface area contributed by atoms with Crippen molar-refractivity contribution in [2.24, 2.45) is 0 Å². The van der Waals surface area contributed by atoms with Crippen LogP contribution in [0.1, 0.15) is 16.7 Å². The fourth-order valence-corrected chi connectivity index (χ4v) is 4.60. The molecule has 1 spiro atoms. The summed E-state index contributed by atoms with van der Waals surface area (Å²) in [4.78, 5) is 0. The van der Waals surface area contributed by atoms with Crippen LogP contribution in [-0.4, -0.2) is 30.8 Å². The highest BCUT2D eigenvalue weighted by Crippen LogP contribution is 2.38. The van der Waals surface area contributed by atoms with E-state index in [-0.39, 0.29) is 0 Å². The van der Waals surface area contributed by atoms with E-state index in [9.17, 15) is 0 Å². The first kappa shape index (κ1) is 13.5. The minimum atomic E-state index is 0.912. The van der Waals surface area contributed by atoms with Gasteiger partial charge in [0, 0.05) is 11.1 Å². The third-order valence-electron chi connectivity index (χ3n) is 5.95. The first-order valence-corrected chi connectivity index (χ1v) is 8.61. The molecule has 116 valence electrons. The average Bonchev–Trinajstić information content (AvgIpc) is 2.93. The van der Waals surface area contributed by atoms with E-state index in [2.05, 4.69) is 49.4 Å². The van der Waals surface area contributed by atoms with E-state index in [1.54, 1.807) is 11.1 Å². The molecular formula is C21H22NO+. The largest absolute Gasteiger partial charge is 0.370 e. The Labute approximate surface area is 136 Å². The Bertz CT molecular complexity index is 922. The second-order valence-electron chi connectivity index (χ2n) is 7.24. The number of fused-ring (bicyclic) bond motifs is 4. The molecule has 0 atom stereocenters. The Morgan fingerprint density at radius 2 is 1.70 bits per heavy atom. The van der Waals surface area contributed by atoms with Crippen LogP contribution in [0.25, 0.3) is 21.5 Å². The fourth-order valence-electron chi connectivity index (χ4n) is 4.60. The molecule has 0 aromatic heterocycles. The van der Waals surface area contributed by atoms with Crippen LogP contribution in [0.3, 0.4) is 0 Å². The molecule has 2 nitrogen and oxygen atoms in total. The van der Waals surface area contributed by atoms with Gasteiger partial charge in [-0.3, -0.25) is 0 Å². The van der Waals surface area contributed by atoms with Gasteiger partial charge < -0.3 is 9.22 Å². The number of morpholine rings is 1. The summed E-state index contributed by atoms with van der Waals surface area (Å²) in [5, 5.41) is 5.58. The summed E-state index contributed by atoms with van der Waals surface area (Å²) in [6, 6.07) is 15.8. The van der Waals surface area contributed by atoms with E-state index in [1.165, 1.54) is 44.7 Å². The summed E-state index contributed by atoms with van der Waals surface area (Å²) in [5.74, 6) is 0. The third-order valence-corrected chi connectivity index (χ3v) is 5.95. The molecule has 0 bridgehead atoms. The van der Waals surface area contributed by atoms with Crippen LogP contribution in [-0.2, 0) is 17.8 Å². The maximum atomic E-state index is 5.60. The number of hydrogen-bond acceptors (Lipinski definition) is 1. The van der Waals surface area contributed by atoms with Gasteiger partial charge in [0.05, 0.1) is 13.2 Å². The summed E-state index contributed by atoms with van der Waals surface area (Å²) in [6.07, 6.45) is 0. The molecule has 2 heterocycles. The van der Waals surface area contributed by atoms with Crippen molar-refractivity contribution in [1.82, 2.24) is 0 Å². The standard InChI is InChI=1S/C21H22NO/c1-15-18-7-6-16-4-2-3-5-19(16)20(18)12-17-13-22(14-21(15)17)8-10-23-11-9-22/h2-7,12H,8-11,13-14H2,1H3/q+1. The molecule has 1 fully saturated rings. The molecule has 3 aromatic carbocycles. The summed E-state index contributed by atoms with van der Waals surface area (Å²) in [6.45, 7) is 8.82. The number of ether oxygens (including phenoxy) is 1. The zero-order valence-corrected chi connectivity index (χ0v) is 13.6. The van der Waals surface area contributed by atoms with Crippen LogP contribution >= 0.6 is 0 Å². The molecule has 5 rings (SSSR count). The van der Waals surface area contributed by atoms with Crippen molar-refractivity contribution in [2.75, 3.05) is 26.3 Å². The van der Waals surface area contributed by atoms with E-state index in [4.69, 9.17) is 4.74 Å². The minimum absolute atomic E-state index is 0.912. The highest BCUT2D eigenvalue weighted by atomic mass is 16.5. The van der Waals surface area contributed by atoms with Crippen molar-refractivity contribution < 1.29 is 9.22 Å². The Kier molecular flexibility index (Phi) is 2.82. The monoisotopic (exact) mass is 304 g/mol.